The highest BCUT2D eigenvalue weighted by molar-refractivity contribution is 7.19. The van der Waals surface area contributed by atoms with Crippen LogP contribution >= 0.6 is 11.3 Å². The summed E-state index contributed by atoms with van der Waals surface area (Å²) in [6, 6.07) is 2.06. The Morgan fingerprint density at radius 3 is 2.39 bits per heavy atom. The van der Waals surface area contributed by atoms with Crippen LogP contribution in [-0.2, 0) is 17.6 Å². The van der Waals surface area contributed by atoms with Gasteiger partial charge in [0.05, 0.1) is 0 Å². The lowest BCUT2D eigenvalue weighted by Gasteiger charge is -2.13. The number of nitrogens with zero attached hydrogens (tertiary/aromatic N) is 2. The third kappa shape index (κ3) is 4.15. The number of nitrogens with two attached hydrogens (primary N) is 1. The zero-order valence-corrected chi connectivity index (χ0v) is 12.5. The summed E-state index contributed by atoms with van der Waals surface area (Å²) in [5, 5.41) is 7.48. The second kappa shape index (κ2) is 6.49. The molecule has 0 fully saturated rings. The van der Waals surface area contributed by atoms with E-state index in [1.165, 1.54) is 35.4 Å². The van der Waals surface area contributed by atoms with Gasteiger partial charge in [0.2, 0.25) is 0 Å². The predicted octanol–water partition coefficient (Wildman–Crippen LogP) is 2.30. The van der Waals surface area contributed by atoms with Gasteiger partial charge in [-0.2, -0.15) is 13.2 Å². The number of carboxylic acid groups (broad SMARTS) is 1. The van der Waals surface area contributed by atoms with Crippen molar-refractivity contribution in [1.82, 2.24) is 9.97 Å². The van der Waals surface area contributed by atoms with Crippen molar-refractivity contribution >= 4 is 33.6 Å². The van der Waals surface area contributed by atoms with E-state index in [0.717, 1.165) is 23.2 Å². The van der Waals surface area contributed by atoms with Crippen LogP contribution in [0.5, 0.6) is 0 Å². The maximum atomic E-state index is 11.0. The average molecular weight is 347 g/mol. The number of amides is 1. The van der Waals surface area contributed by atoms with Crippen LogP contribution in [0.4, 0.5) is 13.2 Å². The van der Waals surface area contributed by atoms with Crippen LogP contribution in [0.15, 0.2) is 6.07 Å². The Hall–Kier alpha value is -2.23. The van der Waals surface area contributed by atoms with Gasteiger partial charge >= 0.3 is 12.1 Å². The molecule has 2 heterocycles. The number of hydrogen-bond acceptors (Lipinski definition) is 5. The van der Waals surface area contributed by atoms with E-state index in [1.54, 1.807) is 0 Å². The number of carbonyl (C=O) groups is 2. The van der Waals surface area contributed by atoms with Crippen LogP contribution in [0.3, 0.4) is 0 Å². The molecular weight excluding hydrogens is 335 g/mol. The minimum absolute atomic E-state index is 0.352. The Balaban J connectivity index is 0.000000236. The van der Waals surface area contributed by atoms with Gasteiger partial charge in [-0.05, 0) is 37.3 Å². The van der Waals surface area contributed by atoms with E-state index in [1.807, 2.05) is 0 Å². The van der Waals surface area contributed by atoms with Gasteiger partial charge in [-0.1, -0.05) is 11.3 Å². The van der Waals surface area contributed by atoms with Crippen LogP contribution < -0.4 is 5.73 Å². The molecule has 6 nitrogen and oxygen atoms in total. The molecule has 0 radical (unpaired) electrons. The van der Waals surface area contributed by atoms with E-state index in [9.17, 15) is 18.0 Å². The third-order valence-electron chi connectivity index (χ3n) is 3.12. The normalized spacial score (nSPS) is 13.9. The number of carboxylic acids is 1. The van der Waals surface area contributed by atoms with Gasteiger partial charge in [-0.3, -0.25) is 4.79 Å². The molecule has 3 N–H and O–H groups in total. The number of aromatic nitrogens is 2. The molecule has 1 amide bonds. The second-order valence-electron chi connectivity index (χ2n) is 4.81. The van der Waals surface area contributed by atoms with Crippen LogP contribution in [0.2, 0.25) is 0 Å². The number of pyridine rings is 1. The summed E-state index contributed by atoms with van der Waals surface area (Å²) < 4.78 is 31.7. The van der Waals surface area contributed by atoms with Gasteiger partial charge in [-0.15, -0.1) is 0 Å². The molecule has 0 saturated heterocycles. The highest BCUT2D eigenvalue weighted by atomic mass is 32.1. The molecule has 0 spiro atoms. The minimum Gasteiger partial charge on any atom is -0.475 e. The van der Waals surface area contributed by atoms with Gasteiger partial charge in [-0.25, -0.2) is 14.8 Å². The molecule has 3 rings (SSSR count). The number of carbonyl (C=O) groups excluding carboxylic acids is 1. The zero-order valence-electron chi connectivity index (χ0n) is 11.7. The fourth-order valence-corrected chi connectivity index (χ4v) is 2.88. The first kappa shape index (κ1) is 17.1. The van der Waals surface area contributed by atoms with E-state index >= 15 is 0 Å². The summed E-state index contributed by atoms with van der Waals surface area (Å²) in [7, 11) is 0. The van der Waals surface area contributed by atoms with Crippen LogP contribution in [0.25, 0.3) is 10.3 Å². The van der Waals surface area contributed by atoms with Crippen molar-refractivity contribution in [1.29, 1.82) is 0 Å². The Morgan fingerprint density at radius 1 is 1.22 bits per heavy atom. The summed E-state index contributed by atoms with van der Waals surface area (Å²) in [5.41, 5.74) is 8.46. The predicted molar refractivity (Wildman–Crippen MR) is 76.3 cm³/mol. The lowest BCUT2D eigenvalue weighted by Crippen LogP contribution is -2.21. The van der Waals surface area contributed by atoms with Gasteiger partial charge < -0.3 is 10.8 Å². The summed E-state index contributed by atoms with van der Waals surface area (Å²) in [4.78, 5) is 29.5. The van der Waals surface area contributed by atoms with Crippen LogP contribution in [-0.4, -0.2) is 33.1 Å². The molecule has 0 saturated carbocycles. The second-order valence-corrected chi connectivity index (χ2v) is 5.79. The molecule has 2 aromatic rings. The Labute approximate surface area is 132 Å². The maximum Gasteiger partial charge on any atom is 0.490 e. The number of primary amides is 1. The lowest BCUT2D eigenvalue weighted by atomic mass is 9.96. The van der Waals surface area contributed by atoms with Crippen molar-refractivity contribution in [2.45, 2.75) is 31.9 Å². The smallest absolute Gasteiger partial charge is 0.475 e. The molecular formula is C13H12F3N3O3S. The van der Waals surface area contributed by atoms with Crippen molar-refractivity contribution < 1.29 is 27.9 Å². The Bertz CT molecular complexity index is 715. The van der Waals surface area contributed by atoms with E-state index in [2.05, 4.69) is 16.0 Å². The highest BCUT2D eigenvalue weighted by Gasteiger charge is 2.38. The van der Waals surface area contributed by atoms with Crippen molar-refractivity contribution in [2.75, 3.05) is 0 Å². The van der Waals surface area contributed by atoms with Crippen molar-refractivity contribution in [2.24, 2.45) is 5.73 Å². The van der Waals surface area contributed by atoms with E-state index in [0.29, 0.717) is 5.01 Å². The number of hydrogen-bond donors (Lipinski definition) is 2. The summed E-state index contributed by atoms with van der Waals surface area (Å²) in [6.07, 6.45) is -0.559. The molecule has 0 aliphatic heterocycles. The number of aliphatic carboxylic acids is 1. The average Bonchev–Trinajstić information content (AvgIpc) is 2.87. The SMILES string of the molecule is NC(=O)c1nc2cc3c(nc2s1)CCCC3.O=C(O)C(F)(F)F. The number of thiazole rings is 1. The Morgan fingerprint density at radius 2 is 1.83 bits per heavy atom. The van der Waals surface area contributed by atoms with Gasteiger partial charge in [0.25, 0.3) is 5.91 Å². The minimum atomic E-state index is -5.08. The number of aryl methyl sites for hydroxylation is 2. The first-order chi connectivity index (χ1) is 10.7. The van der Waals surface area contributed by atoms with Crippen LogP contribution in [0.1, 0.15) is 33.9 Å². The fourth-order valence-electron chi connectivity index (χ4n) is 2.09. The first-order valence-corrected chi connectivity index (χ1v) is 7.39. The van der Waals surface area contributed by atoms with E-state index in [-0.39, 0.29) is 0 Å². The van der Waals surface area contributed by atoms with Crippen molar-refractivity contribution in [3.05, 3.63) is 22.3 Å². The van der Waals surface area contributed by atoms with Gasteiger partial charge in [0, 0.05) is 5.69 Å². The molecule has 23 heavy (non-hydrogen) atoms. The van der Waals surface area contributed by atoms with Crippen molar-refractivity contribution in [3.63, 3.8) is 0 Å². The fraction of sp³-hybridized carbons (Fsp3) is 0.385. The number of alkyl halides is 3. The first-order valence-electron chi connectivity index (χ1n) is 6.57. The lowest BCUT2D eigenvalue weighted by molar-refractivity contribution is -0.192. The largest absolute Gasteiger partial charge is 0.490 e. The number of rotatable bonds is 1. The monoisotopic (exact) mass is 347 g/mol. The van der Waals surface area contributed by atoms with Crippen molar-refractivity contribution in [3.8, 4) is 0 Å². The quantitative estimate of drug-likeness (QED) is 0.823. The number of fused-ring (bicyclic) bond motifs is 2. The van der Waals surface area contributed by atoms with Crippen LogP contribution in [0, 0.1) is 0 Å². The summed E-state index contributed by atoms with van der Waals surface area (Å²) >= 11 is 1.28. The molecule has 0 unspecified atom stereocenters. The number of halogens is 3. The molecule has 0 aromatic carbocycles. The molecule has 1 aliphatic rings. The zero-order chi connectivity index (χ0) is 17.2. The summed E-state index contributed by atoms with van der Waals surface area (Å²) in [6.45, 7) is 0. The van der Waals surface area contributed by atoms with Gasteiger partial charge in [0.15, 0.2) is 5.01 Å². The molecule has 0 bridgehead atoms. The maximum absolute atomic E-state index is 11.0. The highest BCUT2D eigenvalue weighted by Crippen LogP contribution is 2.26. The van der Waals surface area contributed by atoms with E-state index < -0.39 is 18.1 Å². The standard InChI is InChI=1S/C11H11N3OS.C2HF3O2/c12-9(15)11-14-8-5-6-3-1-2-4-7(6)13-10(8)16-11;3-2(4,5)1(6)7/h5H,1-4H2,(H2,12,15);(H,6,7). The third-order valence-corrected chi connectivity index (χ3v) is 4.10. The molecule has 0 atom stereocenters. The molecule has 1 aliphatic carbocycles. The topological polar surface area (TPSA) is 106 Å². The molecule has 124 valence electrons. The van der Waals surface area contributed by atoms with Gasteiger partial charge in [0.1, 0.15) is 10.3 Å². The van der Waals surface area contributed by atoms with E-state index in [4.69, 9.17) is 15.6 Å². The molecule has 2 aromatic heterocycles. The Kier molecular flexibility index (Phi) is 4.83. The molecule has 10 heteroatoms. The summed E-state index contributed by atoms with van der Waals surface area (Å²) in [5.74, 6) is -3.23.